The van der Waals surface area contributed by atoms with Crippen molar-refractivity contribution in [3.8, 4) is 0 Å². The lowest BCUT2D eigenvalue weighted by atomic mass is 9.78. The lowest BCUT2D eigenvalue weighted by molar-refractivity contribution is 0.0999. The number of amidine groups is 1. The Balaban J connectivity index is 2.36. The first-order chi connectivity index (χ1) is 14.3. The standard InChI is InChI=1S/C20H21F2N7O/c1-27-20(28-8-23)16-17(25)15-13(19(26)30)6-12(22)7-14(15)29(9-24)18(16)10-2-4-11(21)5-3-10/h2-8,16,18,25H,9,24H2,1H3,(H2,26,30)(H2,23,27,28)/t16-,18+/m0/s1. The van der Waals surface area contributed by atoms with Gasteiger partial charge in [0.1, 0.15) is 23.8 Å². The molecule has 2 atom stereocenters. The summed E-state index contributed by atoms with van der Waals surface area (Å²) >= 11 is 0. The van der Waals surface area contributed by atoms with Crippen LogP contribution in [0.2, 0.25) is 0 Å². The van der Waals surface area contributed by atoms with Gasteiger partial charge in [0, 0.05) is 12.6 Å². The van der Waals surface area contributed by atoms with Gasteiger partial charge in [-0.3, -0.25) is 10.2 Å². The van der Waals surface area contributed by atoms with E-state index in [0.29, 0.717) is 5.56 Å². The maximum atomic E-state index is 14.3. The molecule has 3 rings (SSSR count). The number of hydrogen-bond acceptors (Lipinski definition) is 5. The van der Waals surface area contributed by atoms with E-state index < -0.39 is 29.5 Å². The number of benzene rings is 2. The van der Waals surface area contributed by atoms with Gasteiger partial charge >= 0.3 is 0 Å². The average molecular weight is 413 g/mol. The molecule has 2 aromatic carbocycles. The maximum absolute atomic E-state index is 14.3. The predicted octanol–water partition coefficient (Wildman–Crippen LogP) is 1.75. The Morgan fingerprint density at radius 3 is 2.47 bits per heavy atom. The van der Waals surface area contributed by atoms with E-state index in [9.17, 15) is 13.6 Å². The van der Waals surface area contributed by atoms with Crippen molar-refractivity contribution in [3.05, 3.63) is 64.7 Å². The van der Waals surface area contributed by atoms with Crippen molar-refractivity contribution in [3.63, 3.8) is 0 Å². The van der Waals surface area contributed by atoms with Gasteiger partial charge in [0.25, 0.3) is 0 Å². The summed E-state index contributed by atoms with van der Waals surface area (Å²) in [5, 5.41) is 19.1. The van der Waals surface area contributed by atoms with E-state index in [2.05, 4.69) is 10.3 Å². The van der Waals surface area contributed by atoms with Crippen molar-refractivity contribution in [1.29, 1.82) is 10.8 Å². The van der Waals surface area contributed by atoms with Crippen LogP contribution in [0.25, 0.3) is 0 Å². The van der Waals surface area contributed by atoms with Crippen LogP contribution < -0.4 is 21.7 Å². The molecule has 10 heteroatoms. The minimum absolute atomic E-state index is 0.0484. The molecule has 2 aromatic rings. The number of carbonyl (C=O) groups is 1. The van der Waals surface area contributed by atoms with Gasteiger partial charge in [-0.25, -0.2) is 13.8 Å². The highest BCUT2D eigenvalue weighted by Crippen LogP contribution is 2.43. The molecule has 0 saturated heterocycles. The second-order valence-electron chi connectivity index (χ2n) is 6.65. The summed E-state index contributed by atoms with van der Waals surface area (Å²) in [5.74, 6) is -2.59. The van der Waals surface area contributed by atoms with Gasteiger partial charge in [-0.15, -0.1) is 0 Å². The van der Waals surface area contributed by atoms with Crippen LogP contribution in [0.1, 0.15) is 27.5 Å². The van der Waals surface area contributed by atoms with Crippen LogP contribution in [0.4, 0.5) is 14.5 Å². The van der Waals surface area contributed by atoms with E-state index >= 15 is 0 Å². The van der Waals surface area contributed by atoms with E-state index in [-0.39, 0.29) is 35.0 Å². The molecule has 0 radical (unpaired) electrons. The minimum atomic E-state index is -0.888. The summed E-state index contributed by atoms with van der Waals surface area (Å²) in [6.45, 7) is -0.0952. The fourth-order valence-corrected chi connectivity index (χ4v) is 3.84. The first-order valence-electron chi connectivity index (χ1n) is 9.02. The zero-order valence-electron chi connectivity index (χ0n) is 16.1. The number of primary amides is 1. The molecule has 0 aromatic heterocycles. The van der Waals surface area contributed by atoms with Crippen molar-refractivity contribution in [2.75, 3.05) is 18.6 Å². The quantitative estimate of drug-likeness (QED) is 0.376. The molecule has 7 N–H and O–H groups in total. The molecule has 0 saturated carbocycles. The molecule has 0 spiro atoms. The third-order valence-electron chi connectivity index (χ3n) is 5.05. The lowest BCUT2D eigenvalue weighted by Crippen LogP contribution is -2.51. The van der Waals surface area contributed by atoms with Crippen molar-refractivity contribution in [2.45, 2.75) is 6.04 Å². The Hall–Kier alpha value is -3.66. The van der Waals surface area contributed by atoms with Crippen LogP contribution in [-0.2, 0) is 0 Å². The second kappa shape index (κ2) is 8.37. The predicted molar refractivity (Wildman–Crippen MR) is 111 cm³/mol. The third kappa shape index (κ3) is 3.52. The van der Waals surface area contributed by atoms with E-state index in [1.165, 1.54) is 18.2 Å². The number of nitrogens with zero attached hydrogens (tertiary/aromatic N) is 2. The number of aliphatic imine (C=N–C) groups is 1. The topological polar surface area (TPSA) is 144 Å². The summed E-state index contributed by atoms with van der Waals surface area (Å²) in [6, 6.07) is 7.11. The molecular weight excluding hydrogens is 392 g/mol. The summed E-state index contributed by atoms with van der Waals surface area (Å²) in [6.07, 6.45) is 0.822. The summed E-state index contributed by atoms with van der Waals surface area (Å²) in [7, 11) is 1.58. The maximum Gasteiger partial charge on any atom is 0.249 e. The van der Waals surface area contributed by atoms with Crippen LogP contribution in [0, 0.1) is 28.4 Å². The van der Waals surface area contributed by atoms with Crippen LogP contribution in [0.3, 0.4) is 0 Å². The summed E-state index contributed by atoms with van der Waals surface area (Å²) in [5.41, 5.74) is 12.2. The van der Waals surface area contributed by atoms with Gasteiger partial charge in [0.05, 0.1) is 35.6 Å². The summed E-state index contributed by atoms with van der Waals surface area (Å²) in [4.78, 5) is 17.6. The number of carbonyl (C=O) groups excluding carboxylic acids is 1. The highest BCUT2D eigenvalue weighted by molar-refractivity contribution is 6.22. The molecule has 156 valence electrons. The normalized spacial score (nSPS) is 18.7. The fraction of sp³-hybridized carbons (Fsp3) is 0.200. The van der Waals surface area contributed by atoms with Crippen molar-refractivity contribution >= 4 is 29.5 Å². The fourth-order valence-electron chi connectivity index (χ4n) is 3.84. The lowest BCUT2D eigenvalue weighted by Gasteiger charge is -2.44. The Bertz CT molecular complexity index is 1040. The van der Waals surface area contributed by atoms with E-state index in [0.717, 1.165) is 12.4 Å². The molecular formula is C20H21F2N7O. The Kier molecular flexibility index (Phi) is 5.88. The summed E-state index contributed by atoms with van der Waals surface area (Å²) < 4.78 is 27.9. The number of nitrogens with one attached hydrogen (secondary N) is 3. The van der Waals surface area contributed by atoms with Gasteiger partial charge in [0.2, 0.25) is 5.91 Å². The smallest absolute Gasteiger partial charge is 0.249 e. The number of nitrogens with two attached hydrogens (primary N) is 2. The highest BCUT2D eigenvalue weighted by atomic mass is 19.1. The zero-order valence-corrected chi connectivity index (χ0v) is 16.1. The van der Waals surface area contributed by atoms with Crippen LogP contribution in [0.5, 0.6) is 0 Å². The van der Waals surface area contributed by atoms with Crippen LogP contribution >= 0.6 is 0 Å². The minimum Gasteiger partial charge on any atom is -0.376 e. The first kappa shape index (κ1) is 21.1. The number of hydrogen-bond donors (Lipinski definition) is 5. The van der Waals surface area contributed by atoms with E-state index in [1.54, 1.807) is 24.1 Å². The van der Waals surface area contributed by atoms with Crippen molar-refractivity contribution in [1.82, 2.24) is 5.32 Å². The monoisotopic (exact) mass is 413 g/mol. The van der Waals surface area contributed by atoms with Gasteiger partial charge in [0.15, 0.2) is 0 Å². The van der Waals surface area contributed by atoms with Gasteiger partial charge in [-0.2, -0.15) is 0 Å². The molecule has 30 heavy (non-hydrogen) atoms. The molecule has 1 aliphatic heterocycles. The molecule has 1 heterocycles. The number of fused-ring (bicyclic) bond motifs is 1. The number of halogens is 2. The van der Waals surface area contributed by atoms with Gasteiger partial charge in [-0.1, -0.05) is 12.1 Å². The molecule has 1 amide bonds. The molecule has 0 aliphatic carbocycles. The zero-order chi connectivity index (χ0) is 22.0. The van der Waals surface area contributed by atoms with Gasteiger partial charge < -0.3 is 27.1 Å². The van der Waals surface area contributed by atoms with Gasteiger partial charge in [-0.05, 0) is 29.8 Å². The Morgan fingerprint density at radius 1 is 1.27 bits per heavy atom. The molecule has 0 unspecified atom stereocenters. The number of rotatable bonds is 5. The average Bonchev–Trinajstić information content (AvgIpc) is 2.72. The van der Waals surface area contributed by atoms with Crippen molar-refractivity contribution < 1.29 is 13.6 Å². The SMILES string of the molecule is CN/C(=N\C=N)[C@H]1C(=N)c2c(C(N)=O)cc(F)cc2N(CN)[C@@H]1c1ccc(F)cc1. The van der Waals surface area contributed by atoms with Crippen LogP contribution in [-0.4, -0.2) is 37.5 Å². The van der Waals surface area contributed by atoms with E-state index in [4.69, 9.17) is 22.3 Å². The number of anilines is 1. The number of amides is 1. The second-order valence-corrected chi connectivity index (χ2v) is 6.65. The molecule has 8 nitrogen and oxygen atoms in total. The molecule has 0 bridgehead atoms. The first-order valence-corrected chi connectivity index (χ1v) is 9.02. The van der Waals surface area contributed by atoms with Crippen LogP contribution in [0.15, 0.2) is 41.4 Å². The molecule has 1 aliphatic rings. The highest BCUT2D eigenvalue weighted by Gasteiger charge is 2.43. The largest absolute Gasteiger partial charge is 0.376 e. The Morgan fingerprint density at radius 2 is 1.93 bits per heavy atom. The third-order valence-corrected chi connectivity index (χ3v) is 5.05. The molecule has 0 fully saturated rings. The van der Waals surface area contributed by atoms with E-state index in [1.807, 2.05) is 0 Å². The Labute approximate surface area is 171 Å². The van der Waals surface area contributed by atoms with Crippen molar-refractivity contribution in [2.24, 2.45) is 22.4 Å².